The lowest BCUT2D eigenvalue weighted by Crippen LogP contribution is -2.43. The van der Waals surface area contributed by atoms with E-state index in [1.54, 1.807) is 0 Å². The van der Waals surface area contributed by atoms with Gasteiger partial charge in [-0.1, -0.05) is 42.5 Å². The number of benzene rings is 3. The van der Waals surface area contributed by atoms with Gasteiger partial charge in [-0.15, -0.1) is 0 Å². The molecule has 8 heteroatoms. The molecular formula is C29H23FN6O. The molecule has 3 N–H and O–H groups in total. The molecule has 1 fully saturated rings. The van der Waals surface area contributed by atoms with E-state index in [0.717, 1.165) is 49.1 Å². The standard InChI is InChI=1S/C29H23FN6O/c30-24-16-21(37)10-11-22(24)28-23(17-31)25(18-6-8-20(9-7-18)36-14-12-32-13-15-36)26-27(34-35-29(26)33-28)19-4-2-1-3-5-19/h1-11,16,32,37H,12-15H2,(H,33,34,35). The van der Waals surface area contributed by atoms with Crippen molar-refractivity contribution in [2.75, 3.05) is 31.1 Å². The number of pyridine rings is 1. The predicted molar refractivity (Wildman–Crippen MR) is 142 cm³/mol. The molecule has 0 amide bonds. The fraction of sp³-hybridized carbons (Fsp3) is 0.138. The molecule has 3 aromatic carbocycles. The van der Waals surface area contributed by atoms with Gasteiger partial charge in [0.2, 0.25) is 0 Å². The number of anilines is 1. The van der Waals surface area contributed by atoms with Gasteiger partial charge in [-0.25, -0.2) is 9.37 Å². The Morgan fingerprint density at radius 1 is 0.919 bits per heavy atom. The number of halogens is 1. The Morgan fingerprint density at radius 3 is 2.38 bits per heavy atom. The Balaban J connectivity index is 1.61. The van der Waals surface area contributed by atoms with E-state index in [1.165, 1.54) is 12.1 Å². The van der Waals surface area contributed by atoms with E-state index >= 15 is 0 Å². The van der Waals surface area contributed by atoms with Crippen molar-refractivity contribution in [3.05, 3.63) is 84.2 Å². The smallest absolute Gasteiger partial charge is 0.157 e. The van der Waals surface area contributed by atoms with Crippen molar-refractivity contribution in [3.8, 4) is 45.5 Å². The van der Waals surface area contributed by atoms with Crippen LogP contribution in [0.4, 0.5) is 10.1 Å². The Hall–Kier alpha value is -4.74. The van der Waals surface area contributed by atoms with E-state index < -0.39 is 5.82 Å². The summed E-state index contributed by atoms with van der Waals surface area (Å²) in [6.45, 7) is 3.71. The molecule has 7 nitrogen and oxygen atoms in total. The zero-order valence-electron chi connectivity index (χ0n) is 19.9. The lowest BCUT2D eigenvalue weighted by molar-refractivity contribution is 0.469. The molecule has 5 aromatic rings. The lowest BCUT2D eigenvalue weighted by Gasteiger charge is -2.29. The molecule has 0 radical (unpaired) electrons. The van der Waals surface area contributed by atoms with Crippen molar-refractivity contribution < 1.29 is 9.50 Å². The Bertz CT molecular complexity index is 1630. The maximum atomic E-state index is 15.0. The fourth-order valence-electron chi connectivity index (χ4n) is 4.92. The number of phenolic OH excluding ortho intramolecular Hbond substituents is 1. The zero-order chi connectivity index (χ0) is 25.4. The second-order valence-electron chi connectivity index (χ2n) is 8.93. The summed E-state index contributed by atoms with van der Waals surface area (Å²) in [5.74, 6) is -0.858. The highest BCUT2D eigenvalue weighted by molar-refractivity contribution is 6.06. The first-order valence-electron chi connectivity index (χ1n) is 12.1. The van der Waals surface area contributed by atoms with Crippen molar-refractivity contribution in [2.45, 2.75) is 0 Å². The minimum absolute atomic E-state index is 0.130. The van der Waals surface area contributed by atoms with Gasteiger partial charge in [0.1, 0.15) is 23.3 Å². The number of piperazine rings is 1. The van der Waals surface area contributed by atoms with Crippen LogP contribution in [0.3, 0.4) is 0 Å². The van der Waals surface area contributed by atoms with Crippen LogP contribution in [0, 0.1) is 17.1 Å². The van der Waals surface area contributed by atoms with Gasteiger partial charge in [0, 0.05) is 54.6 Å². The summed E-state index contributed by atoms with van der Waals surface area (Å²) in [4.78, 5) is 6.97. The van der Waals surface area contributed by atoms with Crippen molar-refractivity contribution >= 4 is 16.7 Å². The maximum Gasteiger partial charge on any atom is 0.157 e. The summed E-state index contributed by atoms with van der Waals surface area (Å²) >= 11 is 0. The topological polar surface area (TPSA) is 101 Å². The Morgan fingerprint density at radius 2 is 1.68 bits per heavy atom. The molecule has 1 saturated heterocycles. The van der Waals surface area contributed by atoms with Crippen LogP contribution < -0.4 is 10.2 Å². The lowest BCUT2D eigenvalue weighted by atomic mass is 9.92. The summed E-state index contributed by atoms with van der Waals surface area (Å²) in [5, 5.41) is 31.7. The van der Waals surface area contributed by atoms with Crippen LogP contribution in [0.1, 0.15) is 5.56 Å². The van der Waals surface area contributed by atoms with Crippen molar-refractivity contribution in [2.24, 2.45) is 0 Å². The number of nitriles is 1. The number of hydrogen-bond acceptors (Lipinski definition) is 6. The Kier molecular flexibility index (Phi) is 5.75. The summed E-state index contributed by atoms with van der Waals surface area (Å²) in [5.41, 5.74) is 5.10. The normalized spacial score (nSPS) is 13.6. The zero-order valence-corrected chi connectivity index (χ0v) is 19.9. The highest BCUT2D eigenvalue weighted by Crippen LogP contribution is 2.41. The second kappa shape index (κ2) is 9.37. The summed E-state index contributed by atoms with van der Waals surface area (Å²) < 4.78 is 15.0. The van der Waals surface area contributed by atoms with Gasteiger partial charge in [-0.2, -0.15) is 10.4 Å². The number of H-pyrrole nitrogens is 1. The second-order valence-corrected chi connectivity index (χ2v) is 8.93. The van der Waals surface area contributed by atoms with E-state index in [2.05, 4.69) is 43.6 Å². The third kappa shape index (κ3) is 4.05. The predicted octanol–water partition coefficient (Wildman–Crippen LogP) is 5.08. The highest BCUT2D eigenvalue weighted by atomic mass is 19.1. The molecule has 3 heterocycles. The first kappa shape index (κ1) is 22.7. The maximum absolute atomic E-state index is 15.0. The number of hydrogen-bond donors (Lipinski definition) is 3. The van der Waals surface area contributed by atoms with Gasteiger partial charge in [-0.05, 0) is 29.8 Å². The average Bonchev–Trinajstić information content (AvgIpc) is 3.37. The van der Waals surface area contributed by atoms with Crippen molar-refractivity contribution in [3.63, 3.8) is 0 Å². The molecule has 182 valence electrons. The van der Waals surface area contributed by atoms with Crippen LogP contribution in [-0.2, 0) is 0 Å². The minimum Gasteiger partial charge on any atom is -0.508 e. The van der Waals surface area contributed by atoms with Gasteiger partial charge in [0.05, 0.1) is 16.6 Å². The van der Waals surface area contributed by atoms with E-state index in [9.17, 15) is 14.8 Å². The van der Waals surface area contributed by atoms with Crippen LogP contribution in [-0.4, -0.2) is 46.5 Å². The molecule has 0 spiro atoms. The van der Waals surface area contributed by atoms with Crippen LogP contribution in [0.25, 0.3) is 44.7 Å². The highest BCUT2D eigenvalue weighted by Gasteiger charge is 2.24. The van der Waals surface area contributed by atoms with Gasteiger partial charge in [0.15, 0.2) is 5.65 Å². The van der Waals surface area contributed by atoms with Gasteiger partial charge < -0.3 is 15.3 Å². The van der Waals surface area contributed by atoms with Crippen LogP contribution in [0.15, 0.2) is 72.8 Å². The summed E-state index contributed by atoms with van der Waals surface area (Å²) in [6.07, 6.45) is 0. The van der Waals surface area contributed by atoms with E-state index in [4.69, 9.17) is 0 Å². The van der Waals surface area contributed by atoms with Crippen LogP contribution in [0.5, 0.6) is 5.75 Å². The first-order valence-corrected chi connectivity index (χ1v) is 12.1. The fourth-order valence-corrected chi connectivity index (χ4v) is 4.92. The van der Waals surface area contributed by atoms with Gasteiger partial charge in [-0.3, -0.25) is 5.10 Å². The molecule has 0 aliphatic carbocycles. The number of nitrogens with one attached hydrogen (secondary N) is 2. The number of nitrogens with zero attached hydrogens (tertiary/aromatic N) is 4. The van der Waals surface area contributed by atoms with Gasteiger partial charge >= 0.3 is 0 Å². The van der Waals surface area contributed by atoms with Crippen molar-refractivity contribution in [1.82, 2.24) is 20.5 Å². The van der Waals surface area contributed by atoms with Crippen LogP contribution in [0.2, 0.25) is 0 Å². The molecule has 0 atom stereocenters. The van der Waals surface area contributed by atoms with E-state index in [-0.39, 0.29) is 22.6 Å². The minimum atomic E-state index is -0.661. The number of aromatic amines is 1. The third-order valence-corrected chi connectivity index (χ3v) is 6.71. The molecule has 0 saturated carbocycles. The van der Waals surface area contributed by atoms with Crippen LogP contribution >= 0.6 is 0 Å². The molecular weight excluding hydrogens is 467 g/mol. The molecule has 1 aliphatic rings. The average molecular weight is 491 g/mol. The third-order valence-electron chi connectivity index (χ3n) is 6.71. The number of rotatable bonds is 4. The summed E-state index contributed by atoms with van der Waals surface area (Å²) in [6, 6.07) is 23.9. The summed E-state index contributed by atoms with van der Waals surface area (Å²) in [7, 11) is 0. The monoisotopic (exact) mass is 490 g/mol. The molecule has 0 unspecified atom stereocenters. The van der Waals surface area contributed by atoms with E-state index in [0.29, 0.717) is 22.3 Å². The SMILES string of the molecule is N#Cc1c(-c2ccc(O)cc2F)nc2[nH]nc(-c3ccccc3)c2c1-c1ccc(N2CCNCC2)cc1. The molecule has 0 bridgehead atoms. The quantitative estimate of drug-likeness (QED) is 0.325. The van der Waals surface area contributed by atoms with Crippen molar-refractivity contribution in [1.29, 1.82) is 5.26 Å². The number of fused-ring (bicyclic) bond motifs is 1. The number of aromatic nitrogens is 3. The molecule has 37 heavy (non-hydrogen) atoms. The molecule has 1 aliphatic heterocycles. The number of aromatic hydroxyl groups is 1. The first-order chi connectivity index (χ1) is 18.1. The van der Waals surface area contributed by atoms with E-state index in [1.807, 2.05) is 42.5 Å². The Labute approximate surface area is 212 Å². The molecule has 6 rings (SSSR count). The molecule has 2 aromatic heterocycles. The largest absolute Gasteiger partial charge is 0.508 e. The van der Waals surface area contributed by atoms with Gasteiger partial charge in [0.25, 0.3) is 0 Å². The number of phenols is 1.